The third-order valence-corrected chi connectivity index (χ3v) is 3.20. The van der Waals surface area contributed by atoms with Crippen molar-refractivity contribution in [1.82, 2.24) is 10.3 Å². The summed E-state index contributed by atoms with van der Waals surface area (Å²) in [5.41, 5.74) is 7.56. The van der Waals surface area contributed by atoms with Gasteiger partial charge in [-0.1, -0.05) is 12.1 Å². The van der Waals surface area contributed by atoms with Crippen LogP contribution in [0.2, 0.25) is 0 Å². The Labute approximate surface area is 123 Å². The van der Waals surface area contributed by atoms with E-state index >= 15 is 0 Å². The van der Waals surface area contributed by atoms with Crippen molar-refractivity contribution in [1.29, 1.82) is 0 Å². The SMILES string of the molecule is CC(CCc1ccc(O)cc1)NC(=O)c1ccc(N)cn1. The molecular weight excluding hydrogens is 266 g/mol. The van der Waals surface area contributed by atoms with Gasteiger partial charge in [0.1, 0.15) is 11.4 Å². The molecule has 2 aromatic rings. The van der Waals surface area contributed by atoms with Crippen LogP contribution < -0.4 is 11.1 Å². The number of nitrogen functional groups attached to an aromatic ring is 1. The lowest BCUT2D eigenvalue weighted by molar-refractivity contribution is 0.0933. The molecule has 0 radical (unpaired) electrons. The van der Waals surface area contributed by atoms with Crippen LogP contribution in [0.3, 0.4) is 0 Å². The molecule has 0 bridgehead atoms. The Morgan fingerprint density at radius 2 is 2.00 bits per heavy atom. The number of aromatic nitrogens is 1. The molecule has 1 atom stereocenters. The highest BCUT2D eigenvalue weighted by Gasteiger charge is 2.10. The highest BCUT2D eigenvalue weighted by molar-refractivity contribution is 5.92. The van der Waals surface area contributed by atoms with E-state index in [0.717, 1.165) is 18.4 Å². The molecule has 0 aliphatic rings. The number of rotatable bonds is 5. The van der Waals surface area contributed by atoms with Gasteiger partial charge in [-0.05, 0) is 49.6 Å². The molecule has 0 fully saturated rings. The zero-order chi connectivity index (χ0) is 15.2. The Kier molecular flexibility index (Phi) is 4.77. The number of pyridine rings is 1. The molecule has 1 aromatic carbocycles. The summed E-state index contributed by atoms with van der Waals surface area (Å²) >= 11 is 0. The Bertz CT molecular complexity index is 594. The quantitative estimate of drug-likeness (QED) is 0.785. The molecule has 110 valence electrons. The molecule has 21 heavy (non-hydrogen) atoms. The first-order chi connectivity index (χ1) is 10.0. The van der Waals surface area contributed by atoms with Crippen LogP contribution in [0.15, 0.2) is 42.6 Å². The van der Waals surface area contributed by atoms with Crippen molar-refractivity contribution in [2.75, 3.05) is 5.73 Å². The molecule has 5 nitrogen and oxygen atoms in total. The van der Waals surface area contributed by atoms with Crippen LogP contribution in [0, 0.1) is 0 Å². The standard InChI is InChI=1S/C16H19N3O2/c1-11(2-3-12-4-7-14(20)8-5-12)19-16(21)15-9-6-13(17)10-18-15/h4-11,20H,2-3,17H2,1H3,(H,19,21). The number of nitrogens with two attached hydrogens (primary N) is 1. The van der Waals surface area contributed by atoms with E-state index in [4.69, 9.17) is 5.73 Å². The van der Waals surface area contributed by atoms with Crippen molar-refractivity contribution in [2.24, 2.45) is 0 Å². The van der Waals surface area contributed by atoms with Gasteiger partial charge < -0.3 is 16.2 Å². The normalized spacial score (nSPS) is 11.9. The number of phenolic OH excluding ortho intramolecular Hbond substituents is 1. The molecule has 4 N–H and O–H groups in total. The van der Waals surface area contributed by atoms with Gasteiger partial charge in [0.05, 0.1) is 11.9 Å². The summed E-state index contributed by atoms with van der Waals surface area (Å²) < 4.78 is 0. The molecule has 0 saturated carbocycles. The number of anilines is 1. The highest BCUT2D eigenvalue weighted by atomic mass is 16.3. The fourth-order valence-electron chi connectivity index (χ4n) is 1.96. The van der Waals surface area contributed by atoms with E-state index in [-0.39, 0.29) is 17.7 Å². The third kappa shape index (κ3) is 4.49. The number of hydrogen-bond donors (Lipinski definition) is 3. The minimum atomic E-state index is -0.201. The van der Waals surface area contributed by atoms with E-state index in [0.29, 0.717) is 11.4 Å². The Morgan fingerprint density at radius 3 is 2.62 bits per heavy atom. The van der Waals surface area contributed by atoms with Crippen molar-refractivity contribution in [2.45, 2.75) is 25.8 Å². The second-order valence-electron chi connectivity index (χ2n) is 5.06. The Morgan fingerprint density at radius 1 is 1.29 bits per heavy atom. The number of nitrogens with one attached hydrogen (secondary N) is 1. The van der Waals surface area contributed by atoms with Gasteiger partial charge in [-0.25, -0.2) is 4.98 Å². The number of nitrogens with zero attached hydrogens (tertiary/aromatic N) is 1. The van der Waals surface area contributed by atoms with Gasteiger partial charge in [0.25, 0.3) is 5.91 Å². The Balaban J connectivity index is 1.83. The first-order valence-corrected chi connectivity index (χ1v) is 6.85. The summed E-state index contributed by atoms with van der Waals surface area (Å²) in [7, 11) is 0. The highest BCUT2D eigenvalue weighted by Crippen LogP contribution is 2.12. The van der Waals surface area contributed by atoms with Crippen LogP contribution in [-0.2, 0) is 6.42 Å². The molecule has 0 aliphatic heterocycles. The zero-order valence-electron chi connectivity index (χ0n) is 11.9. The van der Waals surface area contributed by atoms with E-state index in [1.54, 1.807) is 24.3 Å². The van der Waals surface area contributed by atoms with Gasteiger partial charge in [0.15, 0.2) is 0 Å². The predicted molar refractivity (Wildman–Crippen MR) is 82.0 cm³/mol. The van der Waals surface area contributed by atoms with E-state index in [1.165, 1.54) is 6.20 Å². The van der Waals surface area contributed by atoms with Gasteiger partial charge in [0, 0.05) is 6.04 Å². The van der Waals surface area contributed by atoms with Crippen molar-refractivity contribution in [3.05, 3.63) is 53.9 Å². The number of phenols is 1. The topological polar surface area (TPSA) is 88.2 Å². The van der Waals surface area contributed by atoms with Crippen molar-refractivity contribution < 1.29 is 9.90 Å². The molecule has 5 heteroatoms. The monoisotopic (exact) mass is 285 g/mol. The maximum atomic E-state index is 12.0. The first kappa shape index (κ1) is 14.8. The lowest BCUT2D eigenvalue weighted by Gasteiger charge is -2.13. The maximum absolute atomic E-state index is 12.0. The van der Waals surface area contributed by atoms with Crippen LogP contribution in [0.25, 0.3) is 0 Å². The molecule has 1 unspecified atom stereocenters. The summed E-state index contributed by atoms with van der Waals surface area (Å²) in [5, 5.41) is 12.1. The molecule has 2 rings (SSSR count). The van der Waals surface area contributed by atoms with Gasteiger partial charge in [-0.2, -0.15) is 0 Å². The van der Waals surface area contributed by atoms with Gasteiger partial charge in [0.2, 0.25) is 0 Å². The molecule has 1 aromatic heterocycles. The molecule has 1 heterocycles. The molecule has 0 spiro atoms. The van der Waals surface area contributed by atoms with Crippen molar-refractivity contribution in [3.8, 4) is 5.75 Å². The summed E-state index contributed by atoms with van der Waals surface area (Å²) in [5.74, 6) is 0.0581. The molecule has 1 amide bonds. The fraction of sp³-hybridized carbons (Fsp3) is 0.250. The maximum Gasteiger partial charge on any atom is 0.270 e. The number of hydrogen-bond acceptors (Lipinski definition) is 4. The van der Waals surface area contributed by atoms with E-state index in [2.05, 4.69) is 10.3 Å². The van der Waals surface area contributed by atoms with Crippen LogP contribution in [0.1, 0.15) is 29.4 Å². The first-order valence-electron chi connectivity index (χ1n) is 6.85. The molecular formula is C16H19N3O2. The number of aryl methyl sites for hydroxylation is 1. The average Bonchev–Trinajstić information content (AvgIpc) is 2.47. The lowest BCUT2D eigenvalue weighted by Crippen LogP contribution is -2.33. The van der Waals surface area contributed by atoms with Crippen molar-refractivity contribution >= 4 is 11.6 Å². The number of aromatic hydroxyl groups is 1. The lowest BCUT2D eigenvalue weighted by atomic mass is 10.1. The fourth-order valence-corrected chi connectivity index (χ4v) is 1.96. The number of benzene rings is 1. The van der Waals surface area contributed by atoms with Crippen LogP contribution >= 0.6 is 0 Å². The predicted octanol–water partition coefficient (Wildman–Crippen LogP) is 2.12. The number of carbonyl (C=O) groups is 1. The summed E-state index contributed by atoms with van der Waals surface area (Å²) in [4.78, 5) is 16.0. The smallest absolute Gasteiger partial charge is 0.270 e. The average molecular weight is 285 g/mol. The molecule has 0 saturated heterocycles. The minimum absolute atomic E-state index is 0.0330. The van der Waals surface area contributed by atoms with E-state index in [1.807, 2.05) is 19.1 Å². The van der Waals surface area contributed by atoms with E-state index in [9.17, 15) is 9.90 Å². The third-order valence-electron chi connectivity index (χ3n) is 3.20. The summed E-state index contributed by atoms with van der Waals surface area (Å²) in [6.45, 7) is 1.95. The second kappa shape index (κ2) is 6.74. The van der Waals surface area contributed by atoms with Gasteiger partial charge in [-0.3, -0.25) is 4.79 Å². The summed E-state index contributed by atoms with van der Waals surface area (Å²) in [6, 6.07) is 10.4. The van der Waals surface area contributed by atoms with Crippen molar-refractivity contribution in [3.63, 3.8) is 0 Å². The number of amides is 1. The molecule has 0 aliphatic carbocycles. The van der Waals surface area contributed by atoms with Crippen LogP contribution in [0.5, 0.6) is 5.75 Å². The zero-order valence-corrected chi connectivity index (χ0v) is 11.9. The minimum Gasteiger partial charge on any atom is -0.508 e. The largest absolute Gasteiger partial charge is 0.508 e. The van der Waals surface area contributed by atoms with Gasteiger partial charge in [-0.15, -0.1) is 0 Å². The Hall–Kier alpha value is -2.56. The van der Waals surface area contributed by atoms with Crippen LogP contribution in [0.4, 0.5) is 5.69 Å². The number of carbonyl (C=O) groups excluding carboxylic acids is 1. The second-order valence-corrected chi connectivity index (χ2v) is 5.06. The van der Waals surface area contributed by atoms with Gasteiger partial charge >= 0.3 is 0 Å². The summed E-state index contributed by atoms with van der Waals surface area (Å²) in [6.07, 6.45) is 3.11. The van der Waals surface area contributed by atoms with Crippen LogP contribution in [-0.4, -0.2) is 22.0 Å². The van der Waals surface area contributed by atoms with E-state index < -0.39 is 0 Å².